The summed E-state index contributed by atoms with van der Waals surface area (Å²) in [5.41, 5.74) is 17.2. The highest BCUT2D eigenvalue weighted by Crippen LogP contribution is 2.45. The van der Waals surface area contributed by atoms with Gasteiger partial charge in [0.1, 0.15) is 0 Å². The molecule has 0 amide bonds. The molecule has 0 heterocycles. The Kier molecular flexibility index (Phi) is 6.90. The van der Waals surface area contributed by atoms with Gasteiger partial charge in [0.05, 0.1) is 0 Å². The van der Waals surface area contributed by atoms with Crippen LogP contribution in [0.1, 0.15) is 104 Å². The summed E-state index contributed by atoms with van der Waals surface area (Å²) in [5.74, 6) is 0.167. The lowest BCUT2D eigenvalue weighted by Crippen LogP contribution is -2.34. The van der Waals surface area contributed by atoms with Crippen molar-refractivity contribution in [3.05, 3.63) is 169 Å². The zero-order valence-corrected chi connectivity index (χ0v) is 28.0. The number of rotatable bonds is 3. The smallest absolute Gasteiger partial charge is 0.0317 e. The Bertz CT molecular complexity index is 2070. The summed E-state index contributed by atoms with van der Waals surface area (Å²) in [6, 6.07) is 38.3. The number of benzene rings is 5. The van der Waals surface area contributed by atoms with Gasteiger partial charge in [-0.25, -0.2) is 0 Å². The van der Waals surface area contributed by atoms with E-state index >= 15 is 0 Å². The highest BCUT2D eigenvalue weighted by Gasteiger charge is 2.35. The van der Waals surface area contributed by atoms with E-state index in [1.54, 1.807) is 0 Å². The number of allylic oxidation sites excluding steroid dienone is 1. The maximum Gasteiger partial charge on any atom is 0.0317 e. The lowest BCUT2D eigenvalue weighted by atomic mass is 9.72. The first-order valence-electron chi connectivity index (χ1n) is 16.3. The summed E-state index contributed by atoms with van der Waals surface area (Å²) in [7, 11) is 0. The standard InChI is InChI=1S/C45H43/c1-28-16-15-21-32-24-29(2)40(39(28)32)42-37-26-33-25-34(44(3,4)5)22-23-35(33)36(37)27-38(43(42)45(6,7)8)41(30-17-11-9-12-18-30)31-19-13-10-14-20-31/h9-25,27,40H,1-8H3. The average molecular weight is 584 g/mol. The molecule has 7 rings (SSSR count). The molecule has 0 nitrogen and oxygen atoms in total. The lowest BCUT2D eigenvalue weighted by molar-refractivity contribution is 0.575. The molecular weight excluding hydrogens is 540 g/mol. The minimum atomic E-state index is -0.132. The maximum absolute atomic E-state index is 4.03. The molecule has 0 heteroatoms. The van der Waals surface area contributed by atoms with Crippen molar-refractivity contribution in [3.63, 3.8) is 0 Å². The van der Waals surface area contributed by atoms with Crippen molar-refractivity contribution in [2.24, 2.45) is 0 Å². The van der Waals surface area contributed by atoms with Gasteiger partial charge >= 0.3 is 0 Å². The predicted octanol–water partition coefficient (Wildman–Crippen LogP) is 10.1. The van der Waals surface area contributed by atoms with E-state index in [-0.39, 0.29) is 16.7 Å². The second kappa shape index (κ2) is 10.6. The molecule has 0 bridgehead atoms. The van der Waals surface area contributed by atoms with Crippen LogP contribution in [0.4, 0.5) is 0 Å². The lowest BCUT2D eigenvalue weighted by Gasteiger charge is -2.31. The van der Waals surface area contributed by atoms with Gasteiger partial charge in [-0.2, -0.15) is 0 Å². The van der Waals surface area contributed by atoms with Crippen molar-refractivity contribution < 1.29 is 0 Å². The fourth-order valence-electron chi connectivity index (χ4n) is 7.67. The Morgan fingerprint density at radius 3 is 1.87 bits per heavy atom. The minimum Gasteiger partial charge on any atom is -0.0622 e. The number of aryl methyl sites for hydroxylation is 1. The monoisotopic (exact) mass is 583 g/mol. The molecule has 1 radical (unpaired) electrons. The Balaban J connectivity index is 1.72. The summed E-state index contributed by atoms with van der Waals surface area (Å²) in [6.45, 7) is 18.7. The van der Waals surface area contributed by atoms with Crippen LogP contribution in [-0.2, 0) is 10.8 Å². The summed E-state index contributed by atoms with van der Waals surface area (Å²) in [6.07, 6.45) is 6.44. The molecule has 223 valence electrons. The molecule has 2 aliphatic carbocycles. The SMILES string of the molecule is CC1=Cc2cccc(C)c2C1c1c(C(C)(C)C)c(=C(c2ccccc2)c2ccccc2)cc2c1=[C]c1cc(C(C)(C)C)ccc1-2. The summed E-state index contributed by atoms with van der Waals surface area (Å²) in [5, 5.41) is 2.58. The highest BCUT2D eigenvalue weighted by atomic mass is 14.4. The Hall–Kier alpha value is -4.42. The third-order valence-electron chi connectivity index (χ3n) is 9.72. The van der Waals surface area contributed by atoms with Crippen LogP contribution in [0.5, 0.6) is 0 Å². The molecule has 5 aromatic carbocycles. The van der Waals surface area contributed by atoms with Crippen molar-refractivity contribution in [2.75, 3.05) is 0 Å². The quantitative estimate of drug-likeness (QED) is 0.194. The first-order valence-corrected chi connectivity index (χ1v) is 16.3. The molecular formula is C45H43. The first-order chi connectivity index (χ1) is 21.4. The van der Waals surface area contributed by atoms with Gasteiger partial charge < -0.3 is 0 Å². The molecule has 0 aliphatic heterocycles. The normalized spacial score (nSPS) is 15.2. The van der Waals surface area contributed by atoms with Gasteiger partial charge in [-0.1, -0.05) is 144 Å². The predicted molar refractivity (Wildman–Crippen MR) is 192 cm³/mol. The van der Waals surface area contributed by atoms with Gasteiger partial charge in [0.2, 0.25) is 0 Å². The number of hydrogen-bond acceptors (Lipinski definition) is 0. The molecule has 0 spiro atoms. The average Bonchev–Trinajstić information content (AvgIpc) is 3.54. The van der Waals surface area contributed by atoms with E-state index in [0.717, 1.165) is 0 Å². The van der Waals surface area contributed by atoms with Crippen LogP contribution in [0.25, 0.3) is 28.9 Å². The fraction of sp³-hybridized carbons (Fsp3) is 0.244. The van der Waals surface area contributed by atoms with E-state index in [4.69, 9.17) is 0 Å². The molecule has 0 aromatic heterocycles. The van der Waals surface area contributed by atoms with Crippen LogP contribution in [-0.4, -0.2) is 0 Å². The van der Waals surface area contributed by atoms with E-state index in [1.165, 1.54) is 82.8 Å². The number of hydrogen-bond donors (Lipinski definition) is 0. The molecule has 0 fully saturated rings. The highest BCUT2D eigenvalue weighted by molar-refractivity contribution is 5.88. The summed E-state index contributed by atoms with van der Waals surface area (Å²) >= 11 is 0. The van der Waals surface area contributed by atoms with Crippen LogP contribution in [0, 0.1) is 6.92 Å². The van der Waals surface area contributed by atoms with Gasteiger partial charge in [0.15, 0.2) is 0 Å². The van der Waals surface area contributed by atoms with E-state index in [9.17, 15) is 0 Å². The third-order valence-corrected chi connectivity index (χ3v) is 9.72. The molecule has 2 aliphatic rings. The van der Waals surface area contributed by atoms with Crippen LogP contribution in [0.2, 0.25) is 0 Å². The third kappa shape index (κ3) is 4.92. The zero-order chi connectivity index (χ0) is 31.7. The van der Waals surface area contributed by atoms with Crippen LogP contribution in [0.3, 0.4) is 0 Å². The second-order valence-electron chi connectivity index (χ2n) is 15.0. The van der Waals surface area contributed by atoms with Crippen molar-refractivity contribution in [2.45, 2.75) is 72.1 Å². The molecule has 1 atom stereocenters. The molecule has 1 unspecified atom stereocenters. The zero-order valence-electron chi connectivity index (χ0n) is 28.0. The van der Waals surface area contributed by atoms with Crippen molar-refractivity contribution >= 4 is 17.7 Å². The van der Waals surface area contributed by atoms with E-state index in [0.29, 0.717) is 0 Å². The minimum absolute atomic E-state index is 0.0679. The molecule has 0 saturated carbocycles. The van der Waals surface area contributed by atoms with E-state index in [1.807, 2.05) is 0 Å². The topological polar surface area (TPSA) is 0 Å². The van der Waals surface area contributed by atoms with Crippen LogP contribution in [0.15, 0.2) is 109 Å². The van der Waals surface area contributed by atoms with Gasteiger partial charge in [-0.05, 0) is 120 Å². The molecule has 5 aromatic rings. The van der Waals surface area contributed by atoms with Gasteiger partial charge in [-0.15, -0.1) is 0 Å². The van der Waals surface area contributed by atoms with Crippen molar-refractivity contribution in [3.8, 4) is 11.1 Å². The summed E-state index contributed by atoms with van der Waals surface area (Å²) in [4.78, 5) is 0. The Morgan fingerprint density at radius 1 is 0.622 bits per heavy atom. The van der Waals surface area contributed by atoms with Crippen molar-refractivity contribution in [1.29, 1.82) is 0 Å². The molecule has 0 saturated heterocycles. The largest absolute Gasteiger partial charge is 0.0622 e. The van der Waals surface area contributed by atoms with Crippen LogP contribution < -0.4 is 10.4 Å². The maximum atomic E-state index is 4.03. The number of fused-ring (bicyclic) bond motifs is 4. The Labute approximate surface area is 269 Å². The Morgan fingerprint density at radius 2 is 1.27 bits per heavy atom. The van der Waals surface area contributed by atoms with Gasteiger partial charge in [-0.3, -0.25) is 0 Å². The molecule has 0 N–H and O–H groups in total. The second-order valence-corrected chi connectivity index (χ2v) is 15.0. The molecule has 45 heavy (non-hydrogen) atoms. The van der Waals surface area contributed by atoms with Crippen LogP contribution >= 0.6 is 0 Å². The van der Waals surface area contributed by atoms with E-state index < -0.39 is 0 Å². The summed E-state index contributed by atoms with van der Waals surface area (Å²) < 4.78 is 0. The van der Waals surface area contributed by atoms with Gasteiger partial charge in [0.25, 0.3) is 0 Å². The van der Waals surface area contributed by atoms with Gasteiger partial charge in [0, 0.05) is 5.92 Å². The van der Waals surface area contributed by atoms with E-state index in [2.05, 4.69) is 171 Å². The fourth-order valence-corrected chi connectivity index (χ4v) is 7.67. The van der Waals surface area contributed by atoms with Crippen molar-refractivity contribution in [1.82, 2.24) is 0 Å². The first kappa shape index (κ1) is 29.3.